The third kappa shape index (κ3) is 2.25. The highest BCUT2D eigenvalue weighted by atomic mass is 19.2. The van der Waals surface area contributed by atoms with Crippen LogP contribution in [0.15, 0.2) is 5.83 Å². The van der Waals surface area contributed by atoms with Gasteiger partial charge in [0, 0.05) is 0 Å². The van der Waals surface area contributed by atoms with Crippen LogP contribution < -0.4 is 0 Å². The second-order valence-electron chi connectivity index (χ2n) is 1.06. The highest BCUT2D eigenvalue weighted by Crippen LogP contribution is 2.05. The Labute approximate surface area is 39.6 Å². The van der Waals surface area contributed by atoms with E-state index in [4.69, 9.17) is 0 Å². The fourth-order valence-electron chi connectivity index (χ4n) is 0.0752. The van der Waals surface area contributed by atoms with Crippen molar-refractivity contribution in [2.45, 2.75) is 13.1 Å². The molecule has 0 rings (SSSR count). The van der Waals surface area contributed by atoms with Gasteiger partial charge in [-0.15, -0.1) is 0 Å². The van der Waals surface area contributed by atoms with Gasteiger partial charge in [-0.3, -0.25) is 0 Å². The van der Waals surface area contributed by atoms with Crippen LogP contribution in [-0.2, 0) is 0 Å². The molecule has 7 heavy (non-hydrogen) atoms. The molecule has 0 saturated heterocycles. The minimum Gasteiger partial charge on any atom is -0.240 e. The van der Waals surface area contributed by atoms with Crippen molar-refractivity contribution in [3.8, 4) is 0 Å². The summed E-state index contributed by atoms with van der Waals surface area (Å²) in [5, 5.41) is 0. The van der Waals surface area contributed by atoms with Crippen molar-refractivity contribution >= 4 is 0 Å². The largest absolute Gasteiger partial charge is 0.240 e. The van der Waals surface area contributed by atoms with Crippen molar-refractivity contribution < 1.29 is 13.2 Å². The van der Waals surface area contributed by atoms with Crippen LogP contribution in [0.4, 0.5) is 13.2 Å². The minimum absolute atomic E-state index is 0.539. The van der Waals surface area contributed by atoms with E-state index in [-0.39, 0.29) is 0 Å². The zero-order valence-corrected chi connectivity index (χ0v) is 3.71. The van der Waals surface area contributed by atoms with Gasteiger partial charge in [0.15, 0.2) is 18.3 Å². The molecule has 1 atom stereocenters. The zero-order valence-electron chi connectivity index (χ0n) is 3.71. The van der Waals surface area contributed by atoms with E-state index in [1.807, 2.05) is 0 Å². The third-order valence-corrected chi connectivity index (χ3v) is 0.440. The first-order valence-electron chi connectivity index (χ1n) is 1.71. The summed E-state index contributed by atoms with van der Waals surface area (Å²) < 4.78 is 33.4. The zero-order chi connectivity index (χ0) is 5.86. The lowest BCUT2D eigenvalue weighted by Crippen LogP contribution is -1.90. The van der Waals surface area contributed by atoms with Crippen LogP contribution in [0.3, 0.4) is 0 Å². The maximum Gasteiger partial charge on any atom is 0.196 e. The van der Waals surface area contributed by atoms with E-state index < -0.39 is 12.0 Å². The SMILES string of the molecule is CC(F)/C(F)=[C]/F. The quantitative estimate of drug-likeness (QED) is 0.482. The lowest BCUT2D eigenvalue weighted by molar-refractivity contribution is 0.337. The first-order chi connectivity index (χ1) is 3.18. The van der Waals surface area contributed by atoms with Crippen molar-refractivity contribution in [3.05, 3.63) is 12.2 Å². The molecule has 0 aromatic heterocycles. The average Bonchev–Trinajstić information content (AvgIpc) is 1.65. The van der Waals surface area contributed by atoms with Crippen molar-refractivity contribution in [3.63, 3.8) is 0 Å². The molecule has 0 saturated carbocycles. The number of halogens is 3. The Kier molecular flexibility index (Phi) is 2.48. The lowest BCUT2D eigenvalue weighted by atomic mass is 10.4. The van der Waals surface area contributed by atoms with E-state index in [0.29, 0.717) is 6.33 Å². The Morgan fingerprint density at radius 1 is 1.71 bits per heavy atom. The topological polar surface area (TPSA) is 0 Å². The molecular weight excluding hydrogens is 105 g/mol. The predicted molar refractivity (Wildman–Crippen MR) is 19.5 cm³/mol. The molecule has 1 unspecified atom stereocenters. The maximum atomic E-state index is 11.4. The molecule has 0 bridgehead atoms. The van der Waals surface area contributed by atoms with E-state index in [9.17, 15) is 13.2 Å². The van der Waals surface area contributed by atoms with Gasteiger partial charge in [-0.1, -0.05) is 0 Å². The molecule has 0 aliphatic carbocycles. The van der Waals surface area contributed by atoms with Crippen LogP contribution >= 0.6 is 0 Å². The van der Waals surface area contributed by atoms with Gasteiger partial charge in [0.05, 0.1) is 0 Å². The molecule has 0 aliphatic rings. The van der Waals surface area contributed by atoms with Crippen LogP contribution in [0.2, 0.25) is 0 Å². The Hall–Kier alpha value is -0.470. The molecular formula is C4H4F3. The van der Waals surface area contributed by atoms with Crippen LogP contribution in [0.25, 0.3) is 0 Å². The van der Waals surface area contributed by atoms with E-state index in [1.165, 1.54) is 0 Å². The predicted octanol–water partition coefficient (Wildman–Crippen LogP) is 1.93. The summed E-state index contributed by atoms with van der Waals surface area (Å²) in [7, 11) is 0. The summed E-state index contributed by atoms with van der Waals surface area (Å²) in [5.41, 5.74) is 0. The number of hydrogen-bond donors (Lipinski definition) is 0. The van der Waals surface area contributed by atoms with E-state index in [1.54, 1.807) is 0 Å². The fourth-order valence-corrected chi connectivity index (χ4v) is 0.0752. The lowest BCUT2D eigenvalue weighted by Gasteiger charge is -1.88. The molecule has 0 aliphatic heterocycles. The van der Waals surface area contributed by atoms with Gasteiger partial charge in [0.2, 0.25) is 0 Å². The highest BCUT2D eigenvalue weighted by Gasteiger charge is 2.03. The number of allylic oxidation sites excluding steroid dienone is 1. The molecule has 41 valence electrons. The first-order valence-corrected chi connectivity index (χ1v) is 1.71. The highest BCUT2D eigenvalue weighted by molar-refractivity contribution is 4.85. The molecule has 1 radical (unpaired) electrons. The molecule has 0 spiro atoms. The smallest absolute Gasteiger partial charge is 0.196 e. The van der Waals surface area contributed by atoms with Gasteiger partial charge in [0.1, 0.15) is 0 Å². The molecule has 0 heterocycles. The second kappa shape index (κ2) is 2.66. The third-order valence-electron chi connectivity index (χ3n) is 0.440. The standard InChI is InChI=1S/C4H4F3/c1-3(6)4(7)2-5/h3H,1H3. The summed E-state index contributed by atoms with van der Waals surface area (Å²) in [4.78, 5) is 0. The molecule has 3 heteroatoms. The van der Waals surface area contributed by atoms with Crippen LogP contribution in [-0.4, -0.2) is 6.17 Å². The number of alkyl halides is 1. The van der Waals surface area contributed by atoms with Crippen LogP contribution in [0, 0.1) is 6.33 Å². The van der Waals surface area contributed by atoms with Gasteiger partial charge < -0.3 is 0 Å². The van der Waals surface area contributed by atoms with Crippen molar-refractivity contribution in [1.82, 2.24) is 0 Å². The van der Waals surface area contributed by atoms with Crippen molar-refractivity contribution in [2.24, 2.45) is 0 Å². The number of hydrogen-bond acceptors (Lipinski definition) is 0. The average molecular weight is 109 g/mol. The summed E-state index contributed by atoms with van der Waals surface area (Å²) in [6.45, 7) is 0.891. The van der Waals surface area contributed by atoms with E-state index >= 15 is 0 Å². The van der Waals surface area contributed by atoms with E-state index in [0.717, 1.165) is 6.92 Å². The summed E-state index contributed by atoms with van der Waals surface area (Å²) in [6.07, 6.45) is -1.33. The van der Waals surface area contributed by atoms with Gasteiger partial charge in [-0.25, -0.2) is 13.2 Å². The normalized spacial score (nSPS) is 16.9. The molecule has 0 aromatic carbocycles. The molecule has 0 nitrogen and oxygen atoms in total. The summed E-state index contributed by atoms with van der Waals surface area (Å²) >= 11 is 0. The van der Waals surface area contributed by atoms with Crippen LogP contribution in [0.5, 0.6) is 0 Å². The Bertz CT molecular complexity index is 75.0. The van der Waals surface area contributed by atoms with Crippen molar-refractivity contribution in [2.75, 3.05) is 0 Å². The van der Waals surface area contributed by atoms with Crippen LogP contribution in [0.1, 0.15) is 6.92 Å². The molecule has 0 N–H and O–H groups in total. The summed E-state index contributed by atoms with van der Waals surface area (Å²) in [6, 6.07) is 0. The Morgan fingerprint density at radius 2 is 2.14 bits per heavy atom. The number of rotatable bonds is 1. The second-order valence-corrected chi connectivity index (χ2v) is 1.06. The maximum absolute atomic E-state index is 11.4. The Balaban J connectivity index is 3.56. The molecule has 0 fully saturated rings. The monoisotopic (exact) mass is 109 g/mol. The van der Waals surface area contributed by atoms with Gasteiger partial charge in [-0.05, 0) is 6.92 Å². The fraction of sp³-hybridized carbons (Fsp3) is 0.500. The Morgan fingerprint density at radius 3 is 2.14 bits per heavy atom. The molecule has 0 amide bonds. The summed E-state index contributed by atoms with van der Waals surface area (Å²) in [5.74, 6) is -1.49. The van der Waals surface area contributed by atoms with Crippen molar-refractivity contribution in [1.29, 1.82) is 0 Å². The van der Waals surface area contributed by atoms with Gasteiger partial charge >= 0.3 is 0 Å². The van der Waals surface area contributed by atoms with Gasteiger partial charge in [-0.2, -0.15) is 0 Å². The molecule has 0 aromatic rings. The van der Waals surface area contributed by atoms with E-state index in [2.05, 4.69) is 0 Å². The first kappa shape index (κ1) is 6.53. The van der Waals surface area contributed by atoms with Gasteiger partial charge in [0.25, 0.3) is 0 Å². The minimum atomic E-state index is -1.87.